The highest BCUT2D eigenvalue weighted by molar-refractivity contribution is 4.96. The van der Waals surface area contributed by atoms with Gasteiger partial charge in [0.05, 0.1) is 19.0 Å². The highest BCUT2D eigenvalue weighted by Gasteiger charge is 1.99. The highest BCUT2D eigenvalue weighted by Crippen LogP contribution is 2.07. The zero-order valence-electron chi connectivity index (χ0n) is 7.63. The summed E-state index contributed by atoms with van der Waals surface area (Å²) in [4.78, 5) is 0. The molecule has 0 amide bonds. The smallest absolute Gasteiger partial charge is 0.0941 e. The maximum absolute atomic E-state index is 9.23. The quantitative estimate of drug-likeness (QED) is 0.621. The molecule has 0 aromatic heterocycles. The lowest BCUT2D eigenvalue weighted by molar-refractivity contribution is 0.203. The van der Waals surface area contributed by atoms with Crippen molar-refractivity contribution in [2.24, 2.45) is 0 Å². The summed E-state index contributed by atoms with van der Waals surface area (Å²) in [6.45, 7) is 4.03. The topological polar surface area (TPSA) is 29.5 Å². The summed E-state index contributed by atoms with van der Waals surface area (Å²) >= 11 is 0. The van der Waals surface area contributed by atoms with Crippen LogP contribution >= 0.6 is 0 Å². The predicted molar refractivity (Wildman–Crippen MR) is 46.3 cm³/mol. The molecule has 0 radical (unpaired) electrons. The van der Waals surface area contributed by atoms with Gasteiger partial charge in [-0.25, -0.2) is 0 Å². The summed E-state index contributed by atoms with van der Waals surface area (Å²) in [7, 11) is 1.64. The van der Waals surface area contributed by atoms with Crippen molar-refractivity contribution < 1.29 is 9.84 Å². The van der Waals surface area contributed by atoms with E-state index in [0.717, 1.165) is 25.0 Å². The normalized spacial score (nSPS) is 14.7. The first-order valence-corrected chi connectivity index (χ1v) is 4.17. The number of aliphatic hydroxyl groups excluding tert-OH is 1. The molecule has 0 rings (SSSR count). The van der Waals surface area contributed by atoms with Gasteiger partial charge in [0.25, 0.3) is 0 Å². The Morgan fingerprint density at radius 2 is 2.18 bits per heavy atom. The third kappa shape index (κ3) is 4.85. The molecule has 66 valence electrons. The van der Waals surface area contributed by atoms with Gasteiger partial charge in [-0.05, 0) is 18.9 Å². The Balaban J connectivity index is 3.88. The molecule has 0 aliphatic carbocycles. The summed E-state index contributed by atoms with van der Waals surface area (Å²) < 4.78 is 5.06. The minimum Gasteiger partial charge on any atom is -0.501 e. The minimum atomic E-state index is -0.350. The van der Waals surface area contributed by atoms with E-state index in [0.29, 0.717) is 0 Å². The number of ether oxygens (including phenoxy) is 1. The lowest BCUT2D eigenvalue weighted by Gasteiger charge is -2.06. The molecule has 0 aliphatic rings. The van der Waals surface area contributed by atoms with Gasteiger partial charge in [0, 0.05) is 6.42 Å². The summed E-state index contributed by atoms with van der Waals surface area (Å²) in [6.07, 6.45) is 4.14. The first-order chi connectivity index (χ1) is 5.24. The number of hydrogen-bond donors (Lipinski definition) is 1. The van der Waals surface area contributed by atoms with Crippen LogP contribution in [0.25, 0.3) is 0 Å². The molecular weight excluding hydrogens is 140 g/mol. The van der Waals surface area contributed by atoms with E-state index in [9.17, 15) is 5.11 Å². The molecular formula is C9H18O2. The molecule has 1 atom stereocenters. The van der Waals surface area contributed by atoms with Gasteiger partial charge in [0.15, 0.2) is 0 Å². The van der Waals surface area contributed by atoms with Crippen molar-refractivity contribution in [3.8, 4) is 0 Å². The molecule has 1 N–H and O–H groups in total. The minimum absolute atomic E-state index is 0.350. The van der Waals surface area contributed by atoms with Crippen molar-refractivity contribution in [3.05, 3.63) is 11.8 Å². The zero-order valence-corrected chi connectivity index (χ0v) is 7.63. The van der Waals surface area contributed by atoms with Gasteiger partial charge >= 0.3 is 0 Å². The number of methoxy groups -OCH3 is 1. The van der Waals surface area contributed by atoms with Crippen molar-refractivity contribution in [1.82, 2.24) is 0 Å². The van der Waals surface area contributed by atoms with E-state index in [4.69, 9.17) is 4.74 Å². The Morgan fingerprint density at radius 3 is 2.55 bits per heavy atom. The second-order valence-corrected chi connectivity index (χ2v) is 2.56. The number of hydrogen-bond acceptors (Lipinski definition) is 2. The summed E-state index contributed by atoms with van der Waals surface area (Å²) in [5.41, 5.74) is 0. The van der Waals surface area contributed by atoms with Gasteiger partial charge in [-0.1, -0.05) is 13.8 Å². The van der Waals surface area contributed by atoms with E-state index in [2.05, 4.69) is 6.92 Å². The second-order valence-electron chi connectivity index (χ2n) is 2.56. The van der Waals surface area contributed by atoms with Gasteiger partial charge in [0.2, 0.25) is 0 Å². The van der Waals surface area contributed by atoms with Gasteiger partial charge in [-0.3, -0.25) is 0 Å². The van der Waals surface area contributed by atoms with Crippen molar-refractivity contribution in [3.63, 3.8) is 0 Å². The van der Waals surface area contributed by atoms with Crippen molar-refractivity contribution in [1.29, 1.82) is 0 Å². The van der Waals surface area contributed by atoms with Crippen LogP contribution in [0.15, 0.2) is 11.8 Å². The highest BCUT2D eigenvalue weighted by atomic mass is 16.5. The van der Waals surface area contributed by atoms with Crippen LogP contribution in [0.5, 0.6) is 0 Å². The lowest BCUT2D eigenvalue weighted by atomic mass is 10.2. The number of aliphatic hydroxyl groups is 1. The standard InChI is InChI=1S/C9H18O2/c1-4-6-9(11-3)7-8(10)5-2/h7-8,10H,4-6H2,1-3H3. The Bertz CT molecular complexity index is 119. The van der Waals surface area contributed by atoms with Crippen LogP contribution in [-0.2, 0) is 4.74 Å². The monoisotopic (exact) mass is 158 g/mol. The fourth-order valence-electron chi connectivity index (χ4n) is 0.832. The van der Waals surface area contributed by atoms with Crippen LogP contribution < -0.4 is 0 Å². The molecule has 2 heteroatoms. The van der Waals surface area contributed by atoms with E-state index in [1.807, 2.05) is 6.92 Å². The zero-order chi connectivity index (χ0) is 8.69. The van der Waals surface area contributed by atoms with Crippen molar-refractivity contribution in [2.45, 2.75) is 39.2 Å². The Labute approximate surface area is 68.9 Å². The van der Waals surface area contributed by atoms with Crippen LogP contribution in [0.1, 0.15) is 33.1 Å². The second kappa shape index (κ2) is 6.23. The summed E-state index contributed by atoms with van der Waals surface area (Å²) in [5, 5.41) is 9.23. The van der Waals surface area contributed by atoms with Crippen LogP contribution in [0.3, 0.4) is 0 Å². The molecule has 1 unspecified atom stereocenters. The number of rotatable bonds is 5. The van der Waals surface area contributed by atoms with E-state index in [1.54, 1.807) is 13.2 Å². The molecule has 0 fully saturated rings. The molecule has 0 aromatic rings. The van der Waals surface area contributed by atoms with Crippen LogP contribution in [0.2, 0.25) is 0 Å². The Morgan fingerprint density at radius 1 is 1.55 bits per heavy atom. The van der Waals surface area contributed by atoms with Crippen LogP contribution in [0.4, 0.5) is 0 Å². The first kappa shape index (κ1) is 10.5. The van der Waals surface area contributed by atoms with Crippen molar-refractivity contribution >= 4 is 0 Å². The Hall–Kier alpha value is -0.500. The number of allylic oxidation sites excluding steroid dienone is 1. The fraction of sp³-hybridized carbons (Fsp3) is 0.778. The molecule has 0 saturated heterocycles. The van der Waals surface area contributed by atoms with E-state index >= 15 is 0 Å². The first-order valence-electron chi connectivity index (χ1n) is 4.17. The molecule has 0 saturated carbocycles. The maximum atomic E-state index is 9.23. The SMILES string of the molecule is CCCC(=CC(O)CC)OC. The van der Waals surface area contributed by atoms with Gasteiger partial charge in [0.1, 0.15) is 0 Å². The largest absolute Gasteiger partial charge is 0.501 e. The third-order valence-corrected chi connectivity index (χ3v) is 1.56. The molecule has 0 aromatic carbocycles. The molecule has 0 bridgehead atoms. The molecule has 0 spiro atoms. The lowest BCUT2D eigenvalue weighted by Crippen LogP contribution is -2.01. The molecule has 0 aliphatic heterocycles. The van der Waals surface area contributed by atoms with E-state index < -0.39 is 0 Å². The maximum Gasteiger partial charge on any atom is 0.0941 e. The van der Waals surface area contributed by atoms with Crippen LogP contribution in [0, 0.1) is 0 Å². The van der Waals surface area contributed by atoms with E-state index in [-0.39, 0.29) is 6.10 Å². The third-order valence-electron chi connectivity index (χ3n) is 1.56. The van der Waals surface area contributed by atoms with Crippen molar-refractivity contribution in [2.75, 3.05) is 7.11 Å². The van der Waals surface area contributed by atoms with Crippen LogP contribution in [-0.4, -0.2) is 18.3 Å². The summed E-state index contributed by atoms with van der Waals surface area (Å²) in [5.74, 6) is 0.891. The van der Waals surface area contributed by atoms with Gasteiger partial charge < -0.3 is 9.84 Å². The van der Waals surface area contributed by atoms with Gasteiger partial charge in [-0.2, -0.15) is 0 Å². The fourth-order valence-corrected chi connectivity index (χ4v) is 0.832. The average Bonchev–Trinajstić information content (AvgIpc) is 2.03. The van der Waals surface area contributed by atoms with E-state index in [1.165, 1.54) is 0 Å². The molecule has 0 heterocycles. The Kier molecular flexibility index (Phi) is 5.94. The molecule has 2 nitrogen and oxygen atoms in total. The molecule has 11 heavy (non-hydrogen) atoms. The predicted octanol–water partition coefficient (Wildman–Crippen LogP) is 2.09. The summed E-state index contributed by atoms with van der Waals surface area (Å²) in [6, 6.07) is 0. The van der Waals surface area contributed by atoms with Gasteiger partial charge in [-0.15, -0.1) is 0 Å². The average molecular weight is 158 g/mol.